The Labute approximate surface area is 218 Å². The van der Waals surface area contributed by atoms with Crippen LogP contribution in [0.2, 0.25) is 0 Å². The van der Waals surface area contributed by atoms with Crippen LogP contribution in [-0.2, 0) is 9.59 Å². The monoisotopic (exact) mass is 499 g/mol. The van der Waals surface area contributed by atoms with E-state index in [0.29, 0.717) is 40.8 Å². The molecular formula is C31H33NO5. The molecule has 1 heterocycles. The van der Waals surface area contributed by atoms with Gasteiger partial charge in [0.2, 0.25) is 0 Å². The van der Waals surface area contributed by atoms with Gasteiger partial charge in [-0.15, -0.1) is 0 Å². The highest BCUT2D eigenvalue weighted by Crippen LogP contribution is 2.43. The molecule has 1 amide bonds. The third-order valence-corrected chi connectivity index (χ3v) is 6.04. The molecular weight excluding hydrogens is 466 g/mol. The molecule has 0 aliphatic carbocycles. The highest BCUT2D eigenvalue weighted by atomic mass is 16.5. The maximum absolute atomic E-state index is 13.4. The van der Waals surface area contributed by atoms with Crippen LogP contribution in [0.5, 0.6) is 11.5 Å². The van der Waals surface area contributed by atoms with Gasteiger partial charge in [0.15, 0.2) is 0 Å². The van der Waals surface area contributed by atoms with Crippen LogP contribution < -0.4 is 14.4 Å². The molecule has 1 unspecified atom stereocenters. The van der Waals surface area contributed by atoms with Gasteiger partial charge < -0.3 is 14.6 Å². The first-order valence-corrected chi connectivity index (χ1v) is 12.5. The van der Waals surface area contributed by atoms with Gasteiger partial charge in [-0.1, -0.05) is 44.2 Å². The highest BCUT2D eigenvalue weighted by molar-refractivity contribution is 6.51. The number of hydrogen-bond acceptors (Lipinski definition) is 5. The summed E-state index contributed by atoms with van der Waals surface area (Å²) in [5.74, 6) is 0.0481. The van der Waals surface area contributed by atoms with E-state index in [4.69, 9.17) is 9.47 Å². The number of carbonyl (C=O) groups is 2. The summed E-state index contributed by atoms with van der Waals surface area (Å²) in [4.78, 5) is 28.2. The molecule has 1 fully saturated rings. The lowest BCUT2D eigenvalue weighted by Gasteiger charge is -2.26. The first-order valence-electron chi connectivity index (χ1n) is 12.5. The standard InChI is InChI=1S/C31H33NO5/c1-19(2)18-36-26-15-14-23(16-21(26)5)29(33)27-28(22-10-9-13-25(17-22)37-20(3)4)32(31(35)30(27)34)24-11-7-6-8-12-24/h6-17,19-20,28,33H,18H2,1-5H3/b29-27+. The minimum absolute atomic E-state index is 0.0331. The minimum atomic E-state index is -0.824. The summed E-state index contributed by atoms with van der Waals surface area (Å²) in [6.07, 6.45) is -0.0462. The molecule has 4 rings (SSSR count). The predicted octanol–water partition coefficient (Wildman–Crippen LogP) is 6.44. The van der Waals surface area contributed by atoms with E-state index in [2.05, 4.69) is 13.8 Å². The van der Waals surface area contributed by atoms with Crippen molar-refractivity contribution >= 4 is 23.1 Å². The molecule has 3 aromatic carbocycles. The third kappa shape index (κ3) is 5.53. The number of carbonyl (C=O) groups excluding carboxylic acids is 2. The van der Waals surface area contributed by atoms with Crippen LogP contribution in [-0.4, -0.2) is 29.5 Å². The lowest BCUT2D eigenvalue weighted by atomic mass is 9.94. The molecule has 1 atom stereocenters. The number of ether oxygens (including phenoxy) is 2. The van der Waals surface area contributed by atoms with Gasteiger partial charge >= 0.3 is 0 Å². The Bertz CT molecular complexity index is 1330. The average Bonchev–Trinajstić information content (AvgIpc) is 3.13. The molecule has 0 radical (unpaired) electrons. The number of amides is 1. The summed E-state index contributed by atoms with van der Waals surface area (Å²) in [6.45, 7) is 10.5. The second-order valence-electron chi connectivity index (χ2n) is 9.93. The summed E-state index contributed by atoms with van der Waals surface area (Å²) in [5.41, 5.74) is 2.53. The van der Waals surface area contributed by atoms with Gasteiger partial charge in [0.25, 0.3) is 11.7 Å². The zero-order valence-corrected chi connectivity index (χ0v) is 21.9. The number of aliphatic hydroxyl groups is 1. The number of hydrogen-bond donors (Lipinski definition) is 1. The molecule has 1 aliphatic heterocycles. The Hall–Kier alpha value is -4.06. The summed E-state index contributed by atoms with van der Waals surface area (Å²) < 4.78 is 11.7. The maximum atomic E-state index is 13.4. The zero-order chi connectivity index (χ0) is 26.7. The topological polar surface area (TPSA) is 76.1 Å². The van der Waals surface area contributed by atoms with Crippen molar-refractivity contribution in [2.24, 2.45) is 5.92 Å². The number of Topliss-reactive ketones (excluding diaryl/α,β-unsaturated/α-hetero) is 1. The van der Waals surface area contributed by atoms with Crippen molar-refractivity contribution in [1.82, 2.24) is 0 Å². The molecule has 0 spiro atoms. The van der Waals surface area contributed by atoms with E-state index in [1.54, 1.807) is 30.3 Å². The Morgan fingerprint density at radius 1 is 0.946 bits per heavy atom. The second kappa shape index (κ2) is 10.9. The first kappa shape index (κ1) is 26.0. The van der Waals surface area contributed by atoms with Crippen molar-refractivity contribution in [2.75, 3.05) is 11.5 Å². The fourth-order valence-electron chi connectivity index (χ4n) is 4.40. The van der Waals surface area contributed by atoms with Crippen molar-refractivity contribution in [3.05, 3.63) is 95.1 Å². The molecule has 0 bridgehead atoms. The normalized spacial score (nSPS) is 17.1. The van der Waals surface area contributed by atoms with Gasteiger partial charge in [-0.25, -0.2) is 0 Å². The van der Waals surface area contributed by atoms with Gasteiger partial charge in [0.05, 0.1) is 24.3 Å². The molecule has 6 heteroatoms. The Kier molecular flexibility index (Phi) is 7.67. The number of ketones is 1. The van der Waals surface area contributed by atoms with Crippen LogP contribution in [0.3, 0.4) is 0 Å². The number of para-hydroxylation sites is 1. The van der Waals surface area contributed by atoms with E-state index in [1.807, 2.05) is 63.2 Å². The van der Waals surface area contributed by atoms with Gasteiger partial charge in [-0.05, 0) is 80.3 Å². The lowest BCUT2D eigenvalue weighted by Crippen LogP contribution is -2.29. The number of aryl methyl sites for hydroxylation is 1. The molecule has 1 aliphatic rings. The van der Waals surface area contributed by atoms with E-state index >= 15 is 0 Å². The summed E-state index contributed by atoms with van der Waals surface area (Å²) in [7, 11) is 0. The van der Waals surface area contributed by atoms with Crippen molar-refractivity contribution in [2.45, 2.75) is 46.8 Å². The fourth-order valence-corrected chi connectivity index (χ4v) is 4.40. The smallest absolute Gasteiger partial charge is 0.300 e. The Balaban J connectivity index is 1.85. The fraction of sp³-hybridized carbons (Fsp3) is 0.290. The van der Waals surface area contributed by atoms with Crippen LogP contribution in [0.25, 0.3) is 5.76 Å². The summed E-state index contributed by atoms with van der Waals surface area (Å²) in [6, 6.07) is 20.8. The predicted molar refractivity (Wildman–Crippen MR) is 145 cm³/mol. The van der Waals surface area contributed by atoms with Crippen LogP contribution >= 0.6 is 0 Å². The van der Waals surface area contributed by atoms with Crippen molar-refractivity contribution < 1.29 is 24.2 Å². The molecule has 0 aromatic heterocycles. The van der Waals surface area contributed by atoms with Crippen LogP contribution in [0.15, 0.2) is 78.4 Å². The molecule has 6 nitrogen and oxygen atoms in total. The van der Waals surface area contributed by atoms with E-state index in [1.165, 1.54) is 4.90 Å². The number of aliphatic hydroxyl groups excluding tert-OH is 1. The molecule has 3 aromatic rings. The highest BCUT2D eigenvalue weighted by Gasteiger charge is 2.47. The molecule has 0 saturated carbocycles. The quantitative estimate of drug-likeness (QED) is 0.219. The molecule has 1 N–H and O–H groups in total. The van der Waals surface area contributed by atoms with E-state index in [-0.39, 0.29) is 17.4 Å². The van der Waals surface area contributed by atoms with Crippen molar-refractivity contribution in [3.8, 4) is 11.5 Å². The largest absolute Gasteiger partial charge is 0.507 e. The number of nitrogens with zero attached hydrogens (tertiary/aromatic N) is 1. The van der Waals surface area contributed by atoms with E-state index < -0.39 is 17.7 Å². The number of benzene rings is 3. The summed E-state index contributed by atoms with van der Waals surface area (Å²) in [5, 5.41) is 11.5. The second-order valence-corrected chi connectivity index (χ2v) is 9.93. The molecule has 192 valence electrons. The van der Waals surface area contributed by atoms with Crippen molar-refractivity contribution in [3.63, 3.8) is 0 Å². The minimum Gasteiger partial charge on any atom is -0.507 e. The Morgan fingerprint density at radius 2 is 1.68 bits per heavy atom. The van der Waals surface area contributed by atoms with E-state index in [9.17, 15) is 14.7 Å². The number of anilines is 1. The summed E-state index contributed by atoms with van der Waals surface area (Å²) >= 11 is 0. The Morgan fingerprint density at radius 3 is 2.32 bits per heavy atom. The van der Waals surface area contributed by atoms with Crippen molar-refractivity contribution in [1.29, 1.82) is 0 Å². The van der Waals surface area contributed by atoms with Gasteiger partial charge in [-0.2, -0.15) is 0 Å². The molecule has 1 saturated heterocycles. The third-order valence-electron chi connectivity index (χ3n) is 6.04. The van der Waals surface area contributed by atoms with Crippen LogP contribution in [0.1, 0.15) is 50.4 Å². The zero-order valence-electron chi connectivity index (χ0n) is 21.9. The SMILES string of the molecule is Cc1cc(/C(O)=C2\C(=O)C(=O)N(c3ccccc3)C2c2cccc(OC(C)C)c2)ccc1OCC(C)C. The lowest BCUT2D eigenvalue weighted by molar-refractivity contribution is -0.132. The van der Waals surface area contributed by atoms with Gasteiger partial charge in [0.1, 0.15) is 17.3 Å². The van der Waals surface area contributed by atoms with Gasteiger partial charge in [0, 0.05) is 11.3 Å². The maximum Gasteiger partial charge on any atom is 0.300 e. The van der Waals surface area contributed by atoms with Crippen LogP contribution in [0, 0.1) is 12.8 Å². The molecule has 37 heavy (non-hydrogen) atoms. The number of rotatable bonds is 8. The van der Waals surface area contributed by atoms with Crippen LogP contribution in [0.4, 0.5) is 5.69 Å². The van der Waals surface area contributed by atoms with Gasteiger partial charge in [-0.3, -0.25) is 14.5 Å². The van der Waals surface area contributed by atoms with E-state index in [0.717, 1.165) is 5.56 Å². The average molecular weight is 500 g/mol. The first-order chi connectivity index (χ1) is 17.7.